The molecule has 1 aromatic carbocycles. The minimum absolute atomic E-state index is 0.00822. The molecular formula is C14H17N3O3. The van der Waals surface area contributed by atoms with E-state index in [-0.39, 0.29) is 18.1 Å². The van der Waals surface area contributed by atoms with Gasteiger partial charge in [0.15, 0.2) is 0 Å². The number of ether oxygens (including phenoxy) is 1. The second-order valence-corrected chi connectivity index (χ2v) is 5.27. The van der Waals surface area contributed by atoms with Crippen LogP contribution >= 0.6 is 0 Å². The van der Waals surface area contributed by atoms with E-state index in [9.17, 15) is 4.79 Å². The molecule has 0 aliphatic rings. The van der Waals surface area contributed by atoms with Crippen molar-refractivity contribution < 1.29 is 13.9 Å². The Balaban J connectivity index is 2.00. The predicted octanol–water partition coefficient (Wildman–Crippen LogP) is 2.49. The van der Waals surface area contributed by atoms with Gasteiger partial charge in [-0.2, -0.15) is 0 Å². The summed E-state index contributed by atoms with van der Waals surface area (Å²) in [7, 11) is 0. The minimum Gasteiger partial charge on any atom is -0.423 e. The van der Waals surface area contributed by atoms with Crippen LogP contribution in [0.2, 0.25) is 0 Å². The average Bonchev–Trinajstić information content (AvgIpc) is 2.90. The van der Waals surface area contributed by atoms with Crippen molar-refractivity contribution in [1.82, 2.24) is 10.2 Å². The highest BCUT2D eigenvalue weighted by Gasteiger charge is 2.13. The molecule has 0 radical (unpaired) electrons. The summed E-state index contributed by atoms with van der Waals surface area (Å²) < 4.78 is 10.5. The van der Waals surface area contributed by atoms with Crippen LogP contribution in [0.5, 0.6) is 0 Å². The van der Waals surface area contributed by atoms with Gasteiger partial charge in [0.2, 0.25) is 18.2 Å². The number of aromatic nitrogens is 2. The van der Waals surface area contributed by atoms with Crippen LogP contribution in [0.4, 0.5) is 5.69 Å². The fourth-order valence-electron chi connectivity index (χ4n) is 1.51. The van der Waals surface area contributed by atoms with Gasteiger partial charge in [0.05, 0.1) is 5.60 Å². The van der Waals surface area contributed by atoms with Gasteiger partial charge < -0.3 is 14.5 Å². The maximum Gasteiger partial charge on any atom is 0.250 e. The quantitative estimate of drug-likeness (QED) is 0.927. The molecule has 0 atom stereocenters. The molecule has 106 valence electrons. The van der Waals surface area contributed by atoms with Crippen LogP contribution in [-0.4, -0.2) is 28.3 Å². The number of carbonyl (C=O) groups is 1. The van der Waals surface area contributed by atoms with Gasteiger partial charge in [-0.25, -0.2) is 0 Å². The van der Waals surface area contributed by atoms with Crippen molar-refractivity contribution >= 4 is 11.6 Å². The summed E-state index contributed by atoms with van der Waals surface area (Å²) in [5.74, 6) is 0.203. The first-order chi connectivity index (χ1) is 9.44. The Morgan fingerprint density at radius 1 is 1.40 bits per heavy atom. The van der Waals surface area contributed by atoms with Crippen molar-refractivity contribution in [3.63, 3.8) is 0 Å². The first kappa shape index (κ1) is 14.2. The van der Waals surface area contributed by atoms with Gasteiger partial charge in [-0.3, -0.25) is 4.79 Å². The van der Waals surface area contributed by atoms with Crippen LogP contribution in [0.3, 0.4) is 0 Å². The molecule has 0 bridgehead atoms. The molecule has 1 aromatic heterocycles. The lowest BCUT2D eigenvalue weighted by Crippen LogP contribution is -2.27. The maximum absolute atomic E-state index is 11.8. The number of benzene rings is 1. The van der Waals surface area contributed by atoms with E-state index < -0.39 is 0 Å². The zero-order chi connectivity index (χ0) is 14.6. The Labute approximate surface area is 117 Å². The van der Waals surface area contributed by atoms with Crippen molar-refractivity contribution in [2.45, 2.75) is 26.4 Å². The van der Waals surface area contributed by atoms with Crippen molar-refractivity contribution in [3.8, 4) is 11.5 Å². The van der Waals surface area contributed by atoms with E-state index in [4.69, 9.17) is 9.15 Å². The highest BCUT2D eigenvalue weighted by atomic mass is 16.5. The first-order valence-electron chi connectivity index (χ1n) is 6.24. The Kier molecular flexibility index (Phi) is 4.14. The molecule has 0 unspecified atom stereocenters. The Morgan fingerprint density at radius 2 is 2.20 bits per heavy atom. The third-order valence-electron chi connectivity index (χ3n) is 2.39. The Morgan fingerprint density at radius 3 is 2.85 bits per heavy atom. The smallest absolute Gasteiger partial charge is 0.250 e. The van der Waals surface area contributed by atoms with E-state index in [1.807, 2.05) is 26.8 Å². The molecule has 20 heavy (non-hydrogen) atoms. The van der Waals surface area contributed by atoms with Crippen LogP contribution in [0, 0.1) is 0 Å². The van der Waals surface area contributed by atoms with Gasteiger partial charge in [0.25, 0.3) is 0 Å². The highest BCUT2D eigenvalue weighted by Crippen LogP contribution is 2.20. The van der Waals surface area contributed by atoms with Gasteiger partial charge in [-0.05, 0) is 39.0 Å². The summed E-state index contributed by atoms with van der Waals surface area (Å²) in [5.41, 5.74) is 1.06. The molecule has 1 amide bonds. The summed E-state index contributed by atoms with van der Waals surface area (Å²) in [6.07, 6.45) is 1.26. The minimum atomic E-state index is -0.344. The van der Waals surface area contributed by atoms with E-state index in [1.54, 1.807) is 18.2 Å². The van der Waals surface area contributed by atoms with Gasteiger partial charge in [0, 0.05) is 11.3 Å². The fourth-order valence-corrected chi connectivity index (χ4v) is 1.51. The van der Waals surface area contributed by atoms with Gasteiger partial charge >= 0.3 is 0 Å². The Hall–Kier alpha value is -2.21. The number of nitrogens with zero attached hydrogens (tertiary/aromatic N) is 2. The summed E-state index contributed by atoms with van der Waals surface area (Å²) in [4.78, 5) is 11.8. The number of anilines is 1. The van der Waals surface area contributed by atoms with Crippen LogP contribution in [0.15, 0.2) is 35.1 Å². The number of nitrogens with one attached hydrogen (secondary N) is 1. The van der Waals surface area contributed by atoms with E-state index in [0.29, 0.717) is 11.6 Å². The molecule has 6 heteroatoms. The molecule has 0 fully saturated rings. The van der Waals surface area contributed by atoms with Crippen molar-refractivity contribution in [2.24, 2.45) is 0 Å². The SMILES string of the molecule is CC(C)(C)OCC(=O)Nc1cccc(-c2nnco2)c1. The summed E-state index contributed by atoms with van der Waals surface area (Å²) in [6.45, 7) is 5.71. The lowest BCUT2D eigenvalue weighted by Gasteiger charge is -2.19. The lowest BCUT2D eigenvalue weighted by molar-refractivity contribution is -0.125. The van der Waals surface area contributed by atoms with Gasteiger partial charge in [-0.15, -0.1) is 10.2 Å². The van der Waals surface area contributed by atoms with E-state index in [1.165, 1.54) is 6.39 Å². The third-order valence-corrected chi connectivity index (χ3v) is 2.39. The molecule has 1 N–H and O–H groups in total. The summed E-state index contributed by atoms with van der Waals surface area (Å²) in [5, 5.41) is 10.2. The number of rotatable bonds is 4. The molecule has 0 aliphatic carbocycles. The standard InChI is InChI=1S/C14H17N3O3/c1-14(2,3)20-8-12(18)16-11-6-4-5-10(7-11)13-17-15-9-19-13/h4-7,9H,8H2,1-3H3,(H,16,18). The van der Waals surface area contributed by atoms with Gasteiger partial charge in [-0.1, -0.05) is 6.07 Å². The molecule has 2 aromatic rings. The molecule has 1 heterocycles. The van der Waals surface area contributed by atoms with Gasteiger partial charge in [0.1, 0.15) is 6.61 Å². The van der Waals surface area contributed by atoms with E-state index >= 15 is 0 Å². The number of hydrogen-bond donors (Lipinski definition) is 1. The topological polar surface area (TPSA) is 77.2 Å². The second kappa shape index (κ2) is 5.83. The zero-order valence-electron chi connectivity index (χ0n) is 11.7. The summed E-state index contributed by atoms with van der Waals surface area (Å²) >= 11 is 0. The largest absolute Gasteiger partial charge is 0.423 e. The highest BCUT2D eigenvalue weighted by molar-refractivity contribution is 5.92. The van der Waals surface area contributed by atoms with E-state index in [2.05, 4.69) is 15.5 Å². The van der Waals surface area contributed by atoms with Crippen LogP contribution in [-0.2, 0) is 9.53 Å². The molecular weight excluding hydrogens is 258 g/mol. The van der Waals surface area contributed by atoms with Crippen LogP contribution in [0.1, 0.15) is 20.8 Å². The van der Waals surface area contributed by atoms with Crippen LogP contribution < -0.4 is 5.32 Å². The lowest BCUT2D eigenvalue weighted by atomic mass is 10.2. The molecule has 0 saturated carbocycles. The molecule has 0 aliphatic heterocycles. The normalized spacial score (nSPS) is 11.3. The predicted molar refractivity (Wildman–Crippen MR) is 74.1 cm³/mol. The molecule has 2 rings (SSSR count). The number of amides is 1. The second-order valence-electron chi connectivity index (χ2n) is 5.27. The zero-order valence-corrected chi connectivity index (χ0v) is 11.7. The maximum atomic E-state index is 11.8. The average molecular weight is 275 g/mol. The third kappa shape index (κ3) is 4.17. The van der Waals surface area contributed by atoms with E-state index in [0.717, 1.165) is 5.56 Å². The van der Waals surface area contributed by atoms with Crippen molar-refractivity contribution in [1.29, 1.82) is 0 Å². The monoisotopic (exact) mass is 275 g/mol. The molecule has 6 nitrogen and oxygen atoms in total. The fraction of sp³-hybridized carbons (Fsp3) is 0.357. The number of carbonyl (C=O) groups excluding carboxylic acids is 1. The molecule has 0 saturated heterocycles. The Bertz CT molecular complexity index is 574. The molecule has 0 spiro atoms. The number of hydrogen-bond acceptors (Lipinski definition) is 5. The first-order valence-corrected chi connectivity index (χ1v) is 6.24. The van der Waals surface area contributed by atoms with Crippen LogP contribution in [0.25, 0.3) is 11.5 Å². The van der Waals surface area contributed by atoms with Crippen molar-refractivity contribution in [2.75, 3.05) is 11.9 Å². The van der Waals surface area contributed by atoms with Crippen molar-refractivity contribution in [3.05, 3.63) is 30.7 Å². The summed E-state index contributed by atoms with van der Waals surface area (Å²) in [6, 6.07) is 7.19.